The Balaban J connectivity index is 1.68. The van der Waals surface area contributed by atoms with Crippen molar-refractivity contribution in [3.05, 3.63) is 34.2 Å². The largest absolute Gasteiger partial charge is 0.341 e. The van der Waals surface area contributed by atoms with Crippen LogP contribution in [0.15, 0.2) is 23.0 Å². The van der Waals surface area contributed by atoms with Gasteiger partial charge in [0.15, 0.2) is 0 Å². The first kappa shape index (κ1) is 18.2. The molecular weight excluding hydrogens is 332 g/mol. The minimum Gasteiger partial charge on any atom is -0.341 e. The van der Waals surface area contributed by atoms with E-state index in [2.05, 4.69) is 30.7 Å². The summed E-state index contributed by atoms with van der Waals surface area (Å²) >= 11 is 0. The van der Waals surface area contributed by atoms with Gasteiger partial charge in [-0.2, -0.15) is 0 Å². The van der Waals surface area contributed by atoms with Crippen LogP contribution in [0.25, 0.3) is 11.0 Å². The van der Waals surface area contributed by atoms with E-state index < -0.39 is 0 Å². The first-order valence-electron chi connectivity index (χ1n) is 9.02. The first-order chi connectivity index (χ1) is 12.2. The third-order valence-corrected chi connectivity index (χ3v) is 4.58. The number of hydrogen-bond acceptors (Lipinski definition) is 3. The van der Waals surface area contributed by atoms with Crippen LogP contribution in [-0.4, -0.2) is 57.8 Å². The molecule has 2 heterocycles. The third-order valence-electron chi connectivity index (χ3n) is 4.58. The molecule has 26 heavy (non-hydrogen) atoms. The SMILES string of the molecule is CC(C)(C)CC(=O)N1CCCN(C(=O)c2ccc3[nH]c(=O)[nH]c3c2)CC1. The smallest absolute Gasteiger partial charge is 0.323 e. The van der Waals surface area contributed by atoms with Crippen molar-refractivity contribution >= 4 is 22.8 Å². The molecule has 0 unspecified atom stereocenters. The average molecular weight is 358 g/mol. The van der Waals surface area contributed by atoms with Crippen molar-refractivity contribution in [2.45, 2.75) is 33.6 Å². The van der Waals surface area contributed by atoms with E-state index in [1.807, 2.05) is 4.90 Å². The molecule has 1 aromatic heterocycles. The molecular formula is C19H26N4O3. The van der Waals surface area contributed by atoms with Crippen molar-refractivity contribution in [2.75, 3.05) is 26.2 Å². The Kier molecular flexibility index (Phi) is 4.89. The molecule has 1 fully saturated rings. The summed E-state index contributed by atoms with van der Waals surface area (Å²) in [6, 6.07) is 5.16. The summed E-state index contributed by atoms with van der Waals surface area (Å²) in [6.07, 6.45) is 1.28. The fourth-order valence-electron chi connectivity index (χ4n) is 3.28. The molecule has 0 atom stereocenters. The van der Waals surface area contributed by atoms with E-state index in [1.165, 1.54) is 0 Å². The van der Waals surface area contributed by atoms with Gasteiger partial charge in [-0.3, -0.25) is 9.59 Å². The monoisotopic (exact) mass is 358 g/mol. The second-order valence-corrected chi connectivity index (χ2v) is 8.10. The van der Waals surface area contributed by atoms with Crippen molar-refractivity contribution in [3.63, 3.8) is 0 Å². The van der Waals surface area contributed by atoms with Crippen LogP contribution in [0, 0.1) is 5.41 Å². The first-order valence-corrected chi connectivity index (χ1v) is 9.02. The highest BCUT2D eigenvalue weighted by atomic mass is 16.2. The maximum Gasteiger partial charge on any atom is 0.323 e. The van der Waals surface area contributed by atoms with E-state index >= 15 is 0 Å². The molecule has 1 aliphatic heterocycles. The molecule has 7 nitrogen and oxygen atoms in total. The summed E-state index contributed by atoms with van der Waals surface area (Å²) < 4.78 is 0. The minimum absolute atomic E-state index is 0.0399. The van der Waals surface area contributed by atoms with Gasteiger partial charge in [0, 0.05) is 38.2 Å². The lowest BCUT2D eigenvalue weighted by Gasteiger charge is -2.25. The molecule has 2 amide bonds. The predicted molar refractivity (Wildman–Crippen MR) is 100 cm³/mol. The van der Waals surface area contributed by atoms with E-state index in [-0.39, 0.29) is 22.9 Å². The highest BCUT2D eigenvalue weighted by molar-refractivity contribution is 5.97. The van der Waals surface area contributed by atoms with Gasteiger partial charge in [-0.05, 0) is 30.0 Å². The molecule has 1 saturated heterocycles. The molecule has 2 N–H and O–H groups in total. The zero-order valence-corrected chi connectivity index (χ0v) is 15.6. The zero-order valence-electron chi connectivity index (χ0n) is 15.6. The van der Waals surface area contributed by atoms with Gasteiger partial charge in [-0.15, -0.1) is 0 Å². The fourth-order valence-corrected chi connectivity index (χ4v) is 3.28. The zero-order chi connectivity index (χ0) is 18.9. The lowest BCUT2D eigenvalue weighted by molar-refractivity contribution is -0.132. The normalized spacial score (nSPS) is 16.0. The Morgan fingerprint density at radius 3 is 2.38 bits per heavy atom. The van der Waals surface area contributed by atoms with Crippen molar-refractivity contribution in [2.24, 2.45) is 5.41 Å². The van der Waals surface area contributed by atoms with Gasteiger partial charge in [0.2, 0.25) is 5.91 Å². The molecule has 0 radical (unpaired) electrons. The summed E-state index contributed by atoms with van der Waals surface area (Å²) in [5.74, 6) is 0.0807. The van der Waals surface area contributed by atoms with E-state index in [0.717, 1.165) is 6.42 Å². The van der Waals surface area contributed by atoms with E-state index in [4.69, 9.17) is 0 Å². The molecule has 1 aliphatic rings. The van der Waals surface area contributed by atoms with Crippen LogP contribution in [0.3, 0.4) is 0 Å². The number of imidazole rings is 1. The molecule has 0 aliphatic carbocycles. The Labute approximate surface area is 152 Å². The van der Waals surface area contributed by atoms with Crippen LogP contribution in [0.1, 0.15) is 44.0 Å². The van der Waals surface area contributed by atoms with Gasteiger partial charge in [0.25, 0.3) is 5.91 Å². The van der Waals surface area contributed by atoms with Crippen molar-refractivity contribution < 1.29 is 9.59 Å². The van der Waals surface area contributed by atoms with Gasteiger partial charge in [0.1, 0.15) is 0 Å². The standard InChI is InChI=1S/C19H26N4O3/c1-19(2,3)12-16(24)22-7-4-8-23(10-9-22)17(25)13-5-6-14-15(11-13)21-18(26)20-14/h5-6,11H,4,7-10,12H2,1-3H3,(H2,20,21,26). The minimum atomic E-state index is -0.285. The molecule has 0 spiro atoms. The van der Waals surface area contributed by atoms with Gasteiger partial charge >= 0.3 is 5.69 Å². The number of carbonyl (C=O) groups excluding carboxylic acids is 2. The number of carbonyl (C=O) groups is 2. The molecule has 7 heteroatoms. The number of fused-ring (bicyclic) bond motifs is 1. The lowest BCUT2D eigenvalue weighted by Crippen LogP contribution is -2.38. The highest BCUT2D eigenvalue weighted by Crippen LogP contribution is 2.21. The van der Waals surface area contributed by atoms with Crippen LogP contribution < -0.4 is 5.69 Å². The van der Waals surface area contributed by atoms with Crippen molar-refractivity contribution in [1.82, 2.24) is 19.8 Å². The number of benzene rings is 1. The van der Waals surface area contributed by atoms with E-state index in [1.54, 1.807) is 23.1 Å². The van der Waals surface area contributed by atoms with E-state index in [0.29, 0.717) is 49.2 Å². The maximum atomic E-state index is 12.8. The number of nitrogens with zero attached hydrogens (tertiary/aromatic N) is 2. The summed E-state index contributed by atoms with van der Waals surface area (Å²) in [5.41, 5.74) is 1.52. The Morgan fingerprint density at radius 2 is 1.65 bits per heavy atom. The van der Waals surface area contributed by atoms with Gasteiger partial charge in [-0.1, -0.05) is 20.8 Å². The van der Waals surface area contributed by atoms with Crippen LogP contribution in [0.4, 0.5) is 0 Å². The molecule has 3 rings (SSSR count). The number of aromatic nitrogens is 2. The molecule has 0 saturated carbocycles. The Hall–Kier alpha value is -2.57. The van der Waals surface area contributed by atoms with Gasteiger partial charge < -0.3 is 19.8 Å². The van der Waals surface area contributed by atoms with E-state index in [9.17, 15) is 14.4 Å². The second kappa shape index (κ2) is 6.97. The number of rotatable bonds is 2. The number of nitrogens with one attached hydrogen (secondary N) is 2. The van der Waals surface area contributed by atoms with Crippen LogP contribution in [0.2, 0.25) is 0 Å². The topological polar surface area (TPSA) is 89.3 Å². The molecule has 2 aromatic rings. The second-order valence-electron chi connectivity index (χ2n) is 8.10. The quantitative estimate of drug-likeness (QED) is 0.860. The summed E-state index contributed by atoms with van der Waals surface area (Å²) in [7, 11) is 0. The lowest BCUT2D eigenvalue weighted by atomic mass is 9.91. The predicted octanol–water partition coefficient (Wildman–Crippen LogP) is 1.97. The van der Waals surface area contributed by atoms with Crippen LogP contribution in [0.5, 0.6) is 0 Å². The maximum absolute atomic E-state index is 12.8. The number of aromatic amines is 2. The van der Waals surface area contributed by atoms with Gasteiger partial charge in [-0.25, -0.2) is 4.79 Å². The highest BCUT2D eigenvalue weighted by Gasteiger charge is 2.25. The number of H-pyrrole nitrogens is 2. The summed E-state index contributed by atoms with van der Waals surface area (Å²) in [6.45, 7) is 8.56. The summed E-state index contributed by atoms with van der Waals surface area (Å²) in [4.78, 5) is 45.7. The third kappa shape index (κ3) is 4.15. The number of hydrogen-bond donors (Lipinski definition) is 2. The molecule has 1 aromatic carbocycles. The van der Waals surface area contributed by atoms with Crippen LogP contribution >= 0.6 is 0 Å². The molecule has 0 bridgehead atoms. The Morgan fingerprint density at radius 1 is 1.00 bits per heavy atom. The Bertz CT molecular complexity index is 875. The number of amides is 2. The van der Waals surface area contributed by atoms with Gasteiger partial charge in [0.05, 0.1) is 11.0 Å². The summed E-state index contributed by atoms with van der Waals surface area (Å²) in [5, 5.41) is 0. The molecule has 140 valence electrons. The fraction of sp³-hybridized carbons (Fsp3) is 0.526. The average Bonchev–Trinajstić information content (AvgIpc) is 2.76. The van der Waals surface area contributed by atoms with Crippen LogP contribution in [-0.2, 0) is 4.79 Å². The van der Waals surface area contributed by atoms with Crippen molar-refractivity contribution in [3.8, 4) is 0 Å². The van der Waals surface area contributed by atoms with Crippen molar-refractivity contribution in [1.29, 1.82) is 0 Å².